The average Bonchev–Trinajstić information content (AvgIpc) is 3.34. The Morgan fingerprint density at radius 2 is 2.21 bits per heavy atom. The number of nitrogens with zero attached hydrogens (tertiary/aromatic N) is 3. The number of carbonyl (C=O) groups is 1. The molecule has 2 atom stereocenters. The number of nitrogens with one attached hydrogen (secondary N) is 1. The number of aromatic nitrogens is 2. The smallest absolute Gasteiger partial charge is 0.317 e. The molecule has 2 aliphatic heterocycles. The lowest BCUT2D eigenvalue weighted by Gasteiger charge is -2.27. The van der Waals surface area contributed by atoms with Crippen LogP contribution in [0.2, 0.25) is 0 Å². The van der Waals surface area contributed by atoms with E-state index >= 15 is 0 Å². The number of carbonyl (C=O) groups excluding carboxylic acids is 1. The fraction of sp³-hybridized carbons (Fsp3) is 0.524. The van der Waals surface area contributed by atoms with Crippen molar-refractivity contribution in [2.75, 3.05) is 33.4 Å². The van der Waals surface area contributed by atoms with E-state index < -0.39 is 0 Å². The average molecular weight is 384 g/mol. The molecule has 1 N–H and O–H groups in total. The zero-order chi connectivity index (χ0) is 19.3. The summed E-state index contributed by atoms with van der Waals surface area (Å²) in [5.41, 5.74) is 3.36. The van der Waals surface area contributed by atoms with Gasteiger partial charge in [-0.3, -0.25) is 4.68 Å². The van der Waals surface area contributed by atoms with E-state index in [1.165, 1.54) is 11.1 Å². The maximum Gasteiger partial charge on any atom is 0.317 e. The lowest BCUT2D eigenvalue weighted by atomic mass is 10.1. The fourth-order valence-electron chi connectivity index (χ4n) is 4.09. The number of likely N-dealkylation sites (tertiary alicyclic amines) is 1. The Labute approximate surface area is 165 Å². The number of hydrogen-bond donors (Lipinski definition) is 1. The maximum absolute atomic E-state index is 12.6. The molecule has 1 aromatic heterocycles. The second-order valence-corrected chi connectivity index (χ2v) is 7.46. The van der Waals surface area contributed by atoms with Gasteiger partial charge in [-0.25, -0.2) is 4.79 Å². The Hall–Kier alpha value is -2.38. The monoisotopic (exact) mass is 384 g/mol. The summed E-state index contributed by atoms with van der Waals surface area (Å²) < 4.78 is 13.1. The molecule has 7 heteroatoms. The van der Waals surface area contributed by atoms with E-state index in [2.05, 4.69) is 23.6 Å². The van der Waals surface area contributed by atoms with Gasteiger partial charge in [0.25, 0.3) is 0 Å². The number of methoxy groups -OCH3 is 1. The molecule has 0 unspecified atom stereocenters. The fourth-order valence-corrected chi connectivity index (χ4v) is 4.09. The maximum atomic E-state index is 12.6. The van der Waals surface area contributed by atoms with E-state index in [4.69, 9.17) is 14.6 Å². The Balaban J connectivity index is 1.38. The van der Waals surface area contributed by atoms with Crippen molar-refractivity contribution in [3.8, 4) is 0 Å². The van der Waals surface area contributed by atoms with Crippen LogP contribution in [0, 0.1) is 0 Å². The van der Waals surface area contributed by atoms with Gasteiger partial charge in [0.15, 0.2) is 0 Å². The van der Waals surface area contributed by atoms with Crippen LogP contribution in [0.25, 0.3) is 0 Å². The Bertz CT molecular complexity index is 792. The van der Waals surface area contributed by atoms with Crippen LogP contribution in [0.3, 0.4) is 0 Å². The van der Waals surface area contributed by atoms with Gasteiger partial charge in [-0.15, -0.1) is 0 Å². The van der Waals surface area contributed by atoms with Gasteiger partial charge in [-0.2, -0.15) is 5.10 Å². The van der Waals surface area contributed by atoms with E-state index in [0.29, 0.717) is 19.8 Å². The highest BCUT2D eigenvalue weighted by Crippen LogP contribution is 2.26. The van der Waals surface area contributed by atoms with Gasteiger partial charge in [0.1, 0.15) is 6.10 Å². The van der Waals surface area contributed by atoms with Crippen LogP contribution in [0.15, 0.2) is 36.5 Å². The molecule has 4 rings (SSSR count). The number of fused-ring (bicyclic) bond motifs is 1. The summed E-state index contributed by atoms with van der Waals surface area (Å²) in [6.07, 6.45) is 4.78. The minimum absolute atomic E-state index is 0.0426. The Morgan fingerprint density at radius 1 is 1.36 bits per heavy atom. The third-order valence-electron chi connectivity index (χ3n) is 5.49. The summed E-state index contributed by atoms with van der Waals surface area (Å²) in [7, 11) is 1.68. The molecule has 3 heterocycles. The van der Waals surface area contributed by atoms with Crippen LogP contribution in [-0.4, -0.2) is 60.2 Å². The normalized spacial score (nSPS) is 21.5. The molecule has 0 bridgehead atoms. The van der Waals surface area contributed by atoms with E-state index in [1.807, 2.05) is 27.8 Å². The Kier molecular flexibility index (Phi) is 5.92. The van der Waals surface area contributed by atoms with Gasteiger partial charge < -0.3 is 19.7 Å². The van der Waals surface area contributed by atoms with Crippen LogP contribution < -0.4 is 5.32 Å². The van der Waals surface area contributed by atoms with E-state index in [1.54, 1.807) is 7.11 Å². The van der Waals surface area contributed by atoms with Crippen LogP contribution in [0.4, 0.5) is 4.79 Å². The standard InChI is InChI=1S/C21H28N4O3/c1-27-15-18-8-5-10-25(18)21(26)22-12-19-20-17(9-11-28-19)14-24(23-20)13-16-6-3-2-4-7-16/h2-4,6-7,14,18-19H,5,8-13,15H2,1H3,(H,22,26)/t18-,19-/m0/s1. The lowest BCUT2D eigenvalue weighted by molar-refractivity contribution is 0.0395. The van der Waals surface area contributed by atoms with E-state index in [0.717, 1.165) is 38.0 Å². The number of ether oxygens (including phenoxy) is 2. The Morgan fingerprint density at radius 3 is 3.04 bits per heavy atom. The first-order chi connectivity index (χ1) is 13.7. The molecule has 0 spiro atoms. The summed E-state index contributed by atoms with van der Waals surface area (Å²) >= 11 is 0. The van der Waals surface area contributed by atoms with Crippen molar-refractivity contribution >= 4 is 6.03 Å². The molecule has 28 heavy (non-hydrogen) atoms. The topological polar surface area (TPSA) is 68.6 Å². The van der Waals surface area contributed by atoms with E-state index in [9.17, 15) is 4.79 Å². The largest absolute Gasteiger partial charge is 0.383 e. The summed E-state index contributed by atoms with van der Waals surface area (Å²) in [5.74, 6) is 0. The van der Waals surface area contributed by atoms with Crippen LogP contribution in [0.1, 0.15) is 35.8 Å². The van der Waals surface area contributed by atoms with Crippen molar-refractivity contribution in [2.45, 2.75) is 38.0 Å². The van der Waals surface area contributed by atoms with Crippen molar-refractivity contribution in [3.05, 3.63) is 53.3 Å². The zero-order valence-corrected chi connectivity index (χ0v) is 16.3. The molecule has 1 fully saturated rings. The first-order valence-corrected chi connectivity index (χ1v) is 9.99. The molecule has 2 aromatic rings. The van der Waals surface area contributed by atoms with Gasteiger partial charge in [0, 0.05) is 19.9 Å². The van der Waals surface area contributed by atoms with Crippen LogP contribution >= 0.6 is 0 Å². The first kappa shape index (κ1) is 19.0. The van der Waals surface area contributed by atoms with Gasteiger partial charge >= 0.3 is 6.03 Å². The highest BCUT2D eigenvalue weighted by molar-refractivity contribution is 5.74. The SMILES string of the molecule is COC[C@@H]1CCCN1C(=O)NC[C@@H]1OCCc2cn(Cc3ccccc3)nc21. The van der Waals surface area contributed by atoms with Crippen molar-refractivity contribution in [3.63, 3.8) is 0 Å². The number of rotatable bonds is 6. The van der Waals surface area contributed by atoms with Crippen LogP contribution in [0.5, 0.6) is 0 Å². The molecule has 0 radical (unpaired) electrons. The highest BCUT2D eigenvalue weighted by atomic mass is 16.5. The molecule has 150 valence electrons. The second-order valence-electron chi connectivity index (χ2n) is 7.46. The van der Waals surface area contributed by atoms with Crippen molar-refractivity contribution < 1.29 is 14.3 Å². The van der Waals surface area contributed by atoms with Crippen molar-refractivity contribution in [1.82, 2.24) is 20.0 Å². The molecule has 0 aliphatic carbocycles. The van der Waals surface area contributed by atoms with E-state index in [-0.39, 0.29) is 18.2 Å². The quantitative estimate of drug-likeness (QED) is 0.830. The van der Waals surface area contributed by atoms with Gasteiger partial charge in [-0.05, 0) is 30.4 Å². The zero-order valence-electron chi connectivity index (χ0n) is 16.3. The molecular formula is C21H28N4O3. The number of hydrogen-bond acceptors (Lipinski definition) is 4. The van der Waals surface area contributed by atoms with Crippen molar-refractivity contribution in [1.29, 1.82) is 0 Å². The number of amides is 2. The molecule has 1 saturated heterocycles. The molecule has 2 aliphatic rings. The molecule has 7 nitrogen and oxygen atoms in total. The minimum Gasteiger partial charge on any atom is -0.383 e. The summed E-state index contributed by atoms with van der Waals surface area (Å²) in [5, 5.41) is 7.79. The number of urea groups is 1. The third kappa shape index (κ3) is 4.20. The predicted molar refractivity (Wildman–Crippen MR) is 105 cm³/mol. The predicted octanol–water partition coefficient (Wildman–Crippen LogP) is 2.37. The molecule has 0 saturated carbocycles. The molecule has 1 aromatic carbocycles. The molecular weight excluding hydrogens is 356 g/mol. The summed E-state index contributed by atoms with van der Waals surface area (Å²) in [4.78, 5) is 14.5. The summed E-state index contributed by atoms with van der Waals surface area (Å²) in [6.45, 7) is 3.19. The van der Waals surface area contributed by atoms with Gasteiger partial charge in [-0.1, -0.05) is 30.3 Å². The van der Waals surface area contributed by atoms with Crippen molar-refractivity contribution in [2.24, 2.45) is 0 Å². The molecule has 2 amide bonds. The minimum atomic E-state index is -0.201. The lowest BCUT2D eigenvalue weighted by Crippen LogP contribution is -2.46. The van der Waals surface area contributed by atoms with Crippen LogP contribution in [-0.2, 0) is 22.4 Å². The first-order valence-electron chi connectivity index (χ1n) is 9.99. The second kappa shape index (κ2) is 8.75. The number of benzene rings is 1. The highest BCUT2D eigenvalue weighted by Gasteiger charge is 2.30. The summed E-state index contributed by atoms with van der Waals surface area (Å²) in [6, 6.07) is 10.4. The van der Waals surface area contributed by atoms with Gasteiger partial charge in [0.2, 0.25) is 0 Å². The third-order valence-corrected chi connectivity index (χ3v) is 5.49. The van der Waals surface area contributed by atoms with Gasteiger partial charge in [0.05, 0.1) is 38.0 Å².